The van der Waals surface area contributed by atoms with Crippen LogP contribution in [-0.4, -0.2) is 71.8 Å². The van der Waals surface area contributed by atoms with E-state index in [-0.39, 0.29) is 12.3 Å². The number of nitrogens with zero attached hydrogens (tertiary/aromatic N) is 2. The minimum Gasteiger partial charge on any atom is -0.390 e. The minimum atomic E-state index is -0.919. The molecule has 2 rings (SSSR count). The van der Waals surface area contributed by atoms with E-state index in [4.69, 9.17) is 4.74 Å². The van der Waals surface area contributed by atoms with E-state index in [1.165, 1.54) is 0 Å². The van der Waals surface area contributed by atoms with E-state index in [1.54, 1.807) is 13.8 Å². The van der Waals surface area contributed by atoms with Gasteiger partial charge in [-0.05, 0) is 13.8 Å². The van der Waals surface area contributed by atoms with Crippen molar-refractivity contribution in [3.63, 3.8) is 0 Å². The molecule has 0 aliphatic carbocycles. The molecule has 0 aromatic rings. The third-order valence-corrected chi connectivity index (χ3v) is 3.37. The monoisotopic (exact) mass is 242 g/mol. The highest BCUT2D eigenvalue weighted by Crippen LogP contribution is 2.17. The molecule has 1 unspecified atom stereocenters. The van der Waals surface area contributed by atoms with Crippen molar-refractivity contribution in [2.45, 2.75) is 31.9 Å². The van der Waals surface area contributed by atoms with E-state index >= 15 is 0 Å². The van der Waals surface area contributed by atoms with Crippen molar-refractivity contribution < 1.29 is 14.6 Å². The van der Waals surface area contributed by atoms with Crippen molar-refractivity contribution in [2.75, 3.05) is 39.4 Å². The second-order valence-electron chi connectivity index (χ2n) is 5.59. The molecule has 5 nitrogen and oxygen atoms in total. The van der Waals surface area contributed by atoms with Gasteiger partial charge in [-0.25, -0.2) is 0 Å². The van der Waals surface area contributed by atoms with E-state index in [2.05, 4.69) is 4.90 Å². The molecule has 0 saturated carbocycles. The number of piperazine rings is 1. The number of rotatable bonds is 2. The van der Waals surface area contributed by atoms with Crippen LogP contribution in [0.15, 0.2) is 0 Å². The highest BCUT2D eigenvalue weighted by atomic mass is 16.5. The Morgan fingerprint density at radius 3 is 2.88 bits per heavy atom. The summed E-state index contributed by atoms with van der Waals surface area (Å²) in [5, 5.41) is 9.67. The fraction of sp³-hybridized carbons (Fsp3) is 0.917. The number of ether oxygens (including phenoxy) is 1. The normalized spacial score (nSPS) is 26.8. The highest BCUT2D eigenvalue weighted by Gasteiger charge is 2.32. The Morgan fingerprint density at radius 1 is 1.41 bits per heavy atom. The molecule has 1 N–H and O–H groups in total. The van der Waals surface area contributed by atoms with Crippen molar-refractivity contribution in [2.24, 2.45) is 0 Å². The number of aliphatic hydroxyl groups is 1. The van der Waals surface area contributed by atoms with Gasteiger partial charge < -0.3 is 14.7 Å². The highest BCUT2D eigenvalue weighted by molar-refractivity contribution is 5.77. The Hall–Kier alpha value is -0.650. The van der Waals surface area contributed by atoms with E-state index in [0.29, 0.717) is 12.6 Å². The van der Waals surface area contributed by atoms with Gasteiger partial charge in [0.05, 0.1) is 31.3 Å². The summed E-state index contributed by atoms with van der Waals surface area (Å²) in [4.78, 5) is 16.2. The van der Waals surface area contributed by atoms with Gasteiger partial charge in [0.1, 0.15) is 0 Å². The molecule has 2 aliphatic rings. The molecule has 0 aromatic carbocycles. The first-order valence-electron chi connectivity index (χ1n) is 6.28. The molecule has 2 saturated heterocycles. The first kappa shape index (κ1) is 12.8. The van der Waals surface area contributed by atoms with Crippen molar-refractivity contribution in [3.05, 3.63) is 0 Å². The predicted molar refractivity (Wildman–Crippen MR) is 63.7 cm³/mol. The van der Waals surface area contributed by atoms with Crippen LogP contribution in [0.2, 0.25) is 0 Å². The van der Waals surface area contributed by atoms with Gasteiger partial charge in [-0.2, -0.15) is 0 Å². The minimum absolute atomic E-state index is 0.0442. The maximum atomic E-state index is 12.0. The van der Waals surface area contributed by atoms with E-state index in [9.17, 15) is 9.90 Å². The number of carbonyl (C=O) groups is 1. The van der Waals surface area contributed by atoms with Gasteiger partial charge >= 0.3 is 0 Å². The van der Waals surface area contributed by atoms with Crippen molar-refractivity contribution in [3.8, 4) is 0 Å². The summed E-state index contributed by atoms with van der Waals surface area (Å²) in [6.45, 7) is 8.25. The molecule has 2 heterocycles. The van der Waals surface area contributed by atoms with Crippen LogP contribution in [-0.2, 0) is 9.53 Å². The van der Waals surface area contributed by atoms with Gasteiger partial charge in [0, 0.05) is 26.2 Å². The lowest BCUT2D eigenvalue weighted by atomic mass is 10.0. The molecule has 1 amide bonds. The Balaban J connectivity index is 1.89. The molecule has 0 radical (unpaired) electrons. The molecule has 2 fully saturated rings. The largest absolute Gasteiger partial charge is 0.390 e. The summed E-state index contributed by atoms with van der Waals surface area (Å²) in [5.41, 5.74) is -0.919. The molecular formula is C12H22N2O3. The lowest BCUT2D eigenvalue weighted by Crippen LogP contribution is -2.59. The van der Waals surface area contributed by atoms with Crippen LogP contribution in [0.25, 0.3) is 0 Å². The van der Waals surface area contributed by atoms with Crippen LogP contribution in [0.3, 0.4) is 0 Å². The number of fused-ring (bicyclic) bond motifs is 1. The zero-order valence-electron chi connectivity index (χ0n) is 10.7. The summed E-state index contributed by atoms with van der Waals surface area (Å²) in [7, 11) is 0. The third-order valence-electron chi connectivity index (χ3n) is 3.37. The van der Waals surface area contributed by atoms with E-state index in [1.807, 2.05) is 4.90 Å². The zero-order chi connectivity index (χ0) is 12.5. The predicted octanol–water partition coefficient (Wildman–Crippen LogP) is -0.310. The zero-order valence-corrected chi connectivity index (χ0v) is 10.7. The topological polar surface area (TPSA) is 53.0 Å². The molecule has 1 atom stereocenters. The number of morpholine rings is 1. The molecule has 5 heteroatoms. The summed E-state index contributed by atoms with van der Waals surface area (Å²) in [5.74, 6) is 0.0442. The lowest BCUT2D eigenvalue weighted by molar-refractivity contribution is -0.140. The summed E-state index contributed by atoms with van der Waals surface area (Å²) in [6, 6.07) is 0.336. The summed E-state index contributed by atoms with van der Waals surface area (Å²) in [6.07, 6.45) is 0.195. The van der Waals surface area contributed by atoms with E-state index < -0.39 is 5.60 Å². The van der Waals surface area contributed by atoms with Crippen molar-refractivity contribution >= 4 is 5.91 Å². The molecule has 98 valence electrons. The number of hydrogen-bond donors (Lipinski definition) is 1. The van der Waals surface area contributed by atoms with E-state index in [0.717, 1.165) is 32.8 Å². The fourth-order valence-corrected chi connectivity index (χ4v) is 2.45. The van der Waals surface area contributed by atoms with Crippen molar-refractivity contribution in [1.82, 2.24) is 9.80 Å². The van der Waals surface area contributed by atoms with Gasteiger partial charge in [-0.15, -0.1) is 0 Å². The smallest absolute Gasteiger partial charge is 0.225 e. The summed E-state index contributed by atoms with van der Waals surface area (Å²) < 4.78 is 5.44. The number of carbonyl (C=O) groups excluding carboxylic acids is 1. The molecule has 0 spiro atoms. The van der Waals surface area contributed by atoms with Gasteiger partial charge in [0.15, 0.2) is 0 Å². The molecule has 2 aliphatic heterocycles. The van der Waals surface area contributed by atoms with Gasteiger partial charge in [0.25, 0.3) is 0 Å². The van der Waals surface area contributed by atoms with Gasteiger partial charge in [-0.3, -0.25) is 9.69 Å². The Morgan fingerprint density at radius 2 is 2.18 bits per heavy atom. The van der Waals surface area contributed by atoms with Crippen LogP contribution < -0.4 is 0 Å². The first-order chi connectivity index (χ1) is 7.96. The molecular weight excluding hydrogens is 220 g/mol. The SMILES string of the molecule is CC(C)(O)CC(=O)N1CCN2CCOCC2C1. The van der Waals surface area contributed by atoms with Crippen LogP contribution in [0, 0.1) is 0 Å². The average Bonchev–Trinajstić information content (AvgIpc) is 2.26. The fourth-order valence-electron chi connectivity index (χ4n) is 2.45. The second-order valence-corrected chi connectivity index (χ2v) is 5.59. The molecule has 0 bridgehead atoms. The average molecular weight is 242 g/mol. The lowest BCUT2D eigenvalue weighted by Gasteiger charge is -2.44. The molecule has 17 heavy (non-hydrogen) atoms. The summed E-state index contributed by atoms with van der Waals surface area (Å²) >= 11 is 0. The number of amides is 1. The van der Waals surface area contributed by atoms with Crippen LogP contribution in [0.4, 0.5) is 0 Å². The van der Waals surface area contributed by atoms with Crippen LogP contribution >= 0.6 is 0 Å². The number of hydrogen-bond acceptors (Lipinski definition) is 4. The Labute approximate surface area is 102 Å². The van der Waals surface area contributed by atoms with Crippen LogP contribution in [0.1, 0.15) is 20.3 Å². The Bertz CT molecular complexity index is 288. The van der Waals surface area contributed by atoms with Gasteiger partial charge in [0.2, 0.25) is 5.91 Å². The van der Waals surface area contributed by atoms with Crippen molar-refractivity contribution in [1.29, 1.82) is 0 Å². The third kappa shape index (κ3) is 3.40. The maximum absolute atomic E-state index is 12.0. The van der Waals surface area contributed by atoms with Crippen LogP contribution in [0.5, 0.6) is 0 Å². The quantitative estimate of drug-likeness (QED) is 0.722. The molecule has 0 aromatic heterocycles. The standard InChI is InChI=1S/C12H22N2O3/c1-12(2,16)7-11(15)14-4-3-13-5-6-17-9-10(13)8-14/h10,16H,3-9H2,1-2H3. The Kier molecular flexibility index (Phi) is 3.70. The second kappa shape index (κ2) is 4.92. The first-order valence-corrected chi connectivity index (χ1v) is 6.28. The maximum Gasteiger partial charge on any atom is 0.225 e. The van der Waals surface area contributed by atoms with Gasteiger partial charge in [-0.1, -0.05) is 0 Å².